The molecule has 186 valence electrons. The average molecular weight is 486 g/mol. The molecule has 5 rings (SSSR count). The van der Waals surface area contributed by atoms with Crippen molar-refractivity contribution in [3.05, 3.63) is 29.1 Å². The fraction of sp³-hybridized carbons (Fsp3) is 0.542. The van der Waals surface area contributed by atoms with Gasteiger partial charge in [-0.25, -0.2) is 4.39 Å². The monoisotopic (exact) mass is 485 g/mol. The second-order valence-corrected chi connectivity index (χ2v) is 9.73. The van der Waals surface area contributed by atoms with Crippen LogP contribution in [0.3, 0.4) is 0 Å². The van der Waals surface area contributed by atoms with Crippen molar-refractivity contribution in [2.24, 2.45) is 11.7 Å². The lowest BCUT2D eigenvalue weighted by molar-refractivity contribution is -0.136. The Hall–Kier alpha value is -3.34. The number of fused-ring (bicyclic) bond motifs is 1. The van der Waals surface area contributed by atoms with Crippen molar-refractivity contribution in [2.75, 3.05) is 31.1 Å². The molecule has 5 amide bonds. The van der Waals surface area contributed by atoms with Gasteiger partial charge in [-0.1, -0.05) is 0 Å². The molecule has 0 spiro atoms. The first-order chi connectivity index (χ1) is 16.7. The quantitative estimate of drug-likeness (QED) is 0.590. The Morgan fingerprint density at radius 1 is 0.914 bits per heavy atom. The van der Waals surface area contributed by atoms with E-state index in [1.54, 1.807) is 0 Å². The number of benzene rings is 1. The van der Waals surface area contributed by atoms with Crippen LogP contribution < -0.4 is 16.0 Å². The summed E-state index contributed by atoms with van der Waals surface area (Å²) in [5.74, 6) is -3.39. The third-order valence-electron chi connectivity index (χ3n) is 7.78. The van der Waals surface area contributed by atoms with Crippen LogP contribution >= 0.6 is 0 Å². The zero-order valence-electron chi connectivity index (χ0n) is 19.3. The number of nitrogens with one attached hydrogen (secondary N) is 1. The van der Waals surface area contributed by atoms with Gasteiger partial charge in [-0.15, -0.1) is 0 Å². The average Bonchev–Trinajstić information content (AvgIpc) is 3.08. The summed E-state index contributed by atoms with van der Waals surface area (Å²) < 4.78 is 15.1. The summed E-state index contributed by atoms with van der Waals surface area (Å²) in [6.45, 7) is 2.56. The second kappa shape index (κ2) is 9.03. The van der Waals surface area contributed by atoms with E-state index in [1.807, 2.05) is 4.90 Å². The Morgan fingerprint density at radius 2 is 1.54 bits per heavy atom. The van der Waals surface area contributed by atoms with Gasteiger partial charge in [0.05, 0.1) is 16.8 Å². The van der Waals surface area contributed by atoms with Crippen LogP contribution in [0.5, 0.6) is 0 Å². The lowest BCUT2D eigenvalue weighted by Crippen LogP contribution is -2.54. The van der Waals surface area contributed by atoms with E-state index in [0.717, 1.165) is 49.7 Å². The van der Waals surface area contributed by atoms with E-state index in [4.69, 9.17) is 5.73 Å². The second-order valence-electron chi connectivity index (χ2n) is 9.73. The van der Waals surface area contributed by atoms with Gasteiger partial charge in [0.25, 0.3) is 11.8 Å². The van der Waals surface area contributed by atoms with Crippen molar-refractivity contribution in [2.45, 2.75) is 50.6 Å². The predicted octanol–water partition coefficient (Wildman–Crippen LogP) is 0.393. The molecule has 35 heavy (non-hydrogen) atoms. The molecule has 1 aromatic rings. The number of hydrogen-bond donors (Lipinski definition) is 2. The van der Waals surface area contributed by atoms with Crippen LogP contribution in [0, 0.1) is 11.7 Å². The van der Waals surface area contributed by atoms with Crippen LogP contribution in [0.25, 0.3) is 0 Å². The molecule has 4 aliphatic rings. The number of piperazine rings is 1. The molecule has 3 aliphatic heterocycles. The topological polar surface area (TPSA) is 133 Å². The van der Waals surface area contributed by atoms with Crippen LogP contribution in [0.4, 0.5) is 10.1 Å². The number of amides is 5. The fourth-order valence-corrected chi connectivity index (χ4v) is 5.77. The first kappa shape index (κ1) is 23.4. The molecule has 3 fully saturated rings. The minimum absolute atomic E-state index is 0.0257. The Morgan fingerprint density at radius 3 is 2.14 bits per heavy atom. The molecule has 1 aromatic carbocycles. The van der Waals surface area contributed by atoms with Crippen molar-refractivity contribution < 1.29 is 28.4 Å². The lowest BCUT2D eigenvalue weighted by atomic mass is 9.84. The molecular weight excluding hydrogens is 457 g/mol. The summed E-state index contributed by atoms with van der Waals surface area (Å²) in [5, 5.41) is 2.15. The van der Waals surface area contributed by atoms with E-state index >= 15 is 4.39 Å². The van der Waals surface area contributed by atoms with Crippen LogP contribution in [0.2, 0.25) is 0 Å². The van der Waals surface area contributed by atoms with Crippen molar-refractivity contribution in [3.8, 4) is 0 Å². The van der Waals surface area contributed by atoms with Gasteiger partial charge in [-0.05, 0) is 44.2 Å². The Labute approximate surface area is 201 Å². The lowest BCUT2D eigenvalue weighted by Gasteiger charge is -2.42. The van der Waals surface area contributed by atoms with Crippen molar-refractivity contribution >= 4 is 35.2 Å². The minimum Gasteiger partial charge on any atom is -0.369 e. The van der Waals surface area contributed by atoms with Gasteiger partial charge in [-0.2, -0.15) is 0 Å². The highest BCUT2D eigenvalue weighted by atomic mass is 19.1. The molecule has 10 nitrogen and oxygen atoms in total. The molecule has 0 bridgehead atoms. The summed E-state index contributed by atoms with van der Waals surface area (Å²) in [6.07, 6.45) is 3.48. The standard InChI is InChI=1S/C24H28FN5O5/c25-17-11-15-16(24(35)30(23(15)34)18-5-6-20(31)27-22(18)33)12-19(17)29-9-7-28(8-10-29)14-3-1-13(2-4-14)21(26)32/h11-14,18H,1-10H2,(H2,26,32)(H,27,31,33). The summed E-state index contributed by atoms with van der Waals surface area (Å²) in [7, 11) is 0. The molecule has 3 N–H and O–H groups in total. The fourth-order valence-electron chi connectivity index (χ4n) is 5.77. The predicted molar refractivity (Wildman–Crippen MR) is 122 cm³/mol. The van der Waals surface area contributed by atoms with E-state index in [2.05, 4.69) is 10.2 Å². The van der Waals surface area contributed by atoms with Crippen molar-refractivity contribution in [1.82, 2.24) is 15.1 Å². The molecule has 3 heterocycles. The minimum atomic E-state index is -1.08. The zero-order chi connectivity index (χ0) is 24.9. The smallest absolute Gasteiger partial charge is 0.262 e. The number of imide groups is 2. The molecule has 1 aliphatic carbocycles. The number of piperidine rings is 1. The highest BCUT2D eigenvalue weighted by Gasteiger charge is 2.45. The maximum absolute atomic E-state index is 15.1. The number of hydrogen-bond acceptors (Lipinski definition) is 7. The Kier molecular flexibility index (Phi) is 6.04. The number of carbonyl (C=O) groups excluding carboxylic acids is 5. The first-order valence-electron chi connectivity index (χ1n) is 12.1. The van der Waals surface area contributed by atoms with Gasteiger partial charge in [-0.3, -0.25) is 39.1 Å². The van der Waals surface area contributed by atoms with Gasteiger partial charge in [0.1, 0.15) is 11.9 Å². The number of nitrogens with two attached hydrogens (primary N) is 1. The van der Waals surface area contributed by atoms with E-state index in [9.17, 15) is 24.0 Å². The molecule has 0 radical (unpaired) electrons. The van der Waals surface area contributed by atoms with E-state index < -0.39 is 35.5 Å². The largest absolute Gasteiger partial charge is 0.369 e. The third-order valence-corrected chi connectivity index (χ3v) is 7.78. The van der Waals surface area contributed by atoms with Crippen LogP contribution in [-0.2, 0) is 14.4 Å². The Balaban J connectivity index is 1.27. The number of carbonyl (C=O) groups is 5. The molecule has 1 saturated carbocycles. The molecule has 2 saturated heterocycles. The maximum atomic E-state index is 15.1. The normalized spacial score (nSPS) is 27.7. The molecule has 0 aromatic heterocycles. The summed E-state index contributed by atoms with van der Waals surface area (Å²) in [5.41, 5.74) is 5.70. The summed E-state index contributed by atoms with van der Waals surface area (Å²) >= 11 is 0. The number of halogens is 1. The van der Waals surface area contributed by atoms with E-state index in [-0.39, 0.29) is 41.5 Å². The zero-order valence-corrected chi connectivity index (χ0v) is 19.3. The van der Waals surface area contributed by atoms with E-state index in [1.165, 1.54) is 6.07 Å². The van der Waals surface area contributed by atoms with Crippen LogP contribution in [0.15, 0.2) is 12.1 Å². The number of primary amides is 1. The van der Waals surface area contributed by atoms with Gasteiger partial charge >= 0.3 is 0 Å². The number of rotatable bonds is 4. The molecule has 1 unspecified atom stereocenters. The Bertz CT molecular complexity index is 1110. The van der Waals surface area contributed by atoms with Crippen molar-refractivity contribution in [1.29, 1.82) is 0 Å². The summed E-state index contributed by atoms with van der Waals surface area (Å²) in [4.78, 5) is 66.1. The molecular formula is C24H28FN5O5. The SMILES string of the molecule is NC(=O)C1CCC(N2CCN(c3cc4c(cc3F)C(=O)N(C3CCC(=O)NC3=O)C4=O)CC2)CC1. The number of anilines is 1. The highest BCUT2D eigenvalue weighted by Crippen LogP contribution is 2.34. The summed E-state index contributed by atoms with van der Waals surface area (Å²) in [6, 6.07) is 1.78. The number of nitrogens with zero attached hydrogens (tertiary/aromatic N) is 3. The van der Waals surface area contributed by atoms with Gasteiger partial charge in [0.15, 0.2) is 0 Å². The third kappa shape index (κ3) is 4.18. The van der Waals surface area contributed by atoms with Crippen molar-refractivity contribution in [3.63, 3.8) is 0 Å². The van der Waals surface area contributed by atoms with Crippen LogP contribution in [-0.4, -0.2) is 77.6 Å². The van der Waals surface area contributed by atoms with Gasteiger partial charge < -0.3 is 10.6 Å². The van der Waals surface area contributed by atoms with Gasteiger partial charge in [0.2, 0.25) is 17.7 Å². The maximum Gasteiger partial charge on any atom is 0.262 e. The first-order valence-corrected chi connectivity index (χ1v) is 12.1. The molecule has 1 atom stereocenters. The highest BCUT2D eigenvalue weighted by molar-refractivity contribution is 6.23. The van der Waals surface area contributed by atoms with Gasteiger partial charge in [0, 0.05) is 44.6 Å². The van der Waals surface area contributed by atoms with E-state index in [0.29, 0.717) is 19.1 Å². The molecule has 11 heteroatoms. The van der Waals surface area contributed by atoms with Crippen LogP contribution in [0.1, 0.15) is 59.2 Å².